The van der Waals surface area contributed by atoms with Crippen LogP contribution in [0.3, 0.4) is 0 Å². The Hall–Kier alpha value is -2.38. The van der Waals surface area contributed by atoms with Gasteiger partial charge in [-0.25, -0.2) is 0 Å². The van der Waals surface area contributed by atoms with Gasteiger partial charge < -0.3 is 11.1 Å². The molecule has 4 nitrogen and oxygen atoms in total. The molecular weight excluding hydrogens is 238 g/mol. The monoisotopic (exact) mass is 253 g/mol. The number of aromatic nitrogens is 1. The second-order valence-corrected chi connectivity index (χ2v) is 4.01. The van der Waals surface area contributed by atoms with Gasteiger partial charge >= 0.3 is 0 Å². The number of pyridine rings is 1. The molecule has 1 heterocycles. The maximum Gasteiger partial charge on any atom is 0.234 e. The lowest BCUT2D eigenvalue weighted by Gasteiger charge is -1.99. The topological polar surface area (TPSA) is 68.0 Å². The summed E-state index contributed by atoms with van der Waals surface area (Å²) in [5.74, 6) is 5.65. The number of hydrogen-bond acceptors (Lipinski definition) is 3. The summed E-state index contributed by atoms with van der Waals surface area (Å²) in [5, 5.41) is 3.71. The smallest absolute Gasteiger partial charge is 0.234 e. The summed E-state index contributed by atoms with van der Waals surface area (Å²) in [5.41, 5.74) is 7.06. The molecule has 1 aromatic heterocycles. The van der Waals surface area contributed by atoms with Crippen LogP contribution in [-0.2, 0) is 11.2 Å². The molecule has 0 aliphatic heterocycles. The van der Waals surface area contributed by atoms with E-state index in [1.54, 1.807) is 0 Å². The van der Waals surface area contributed by atoms with Crippen molar-refractivity contribution in [2.24, 2.45) is 5.73 Å². The first-order chi connectivity index (χ1) is 9.29. The summed E-state index contributed by atoms with van der Waals surface area (Å²) in [6, 6.07) is 12.0. The number of carbonyl (C=O) groups excluding carboxylic acids is 1. The van der Waals surface area contributed by atoms with Crippen LogP contribution in [-0.4, -0.2) is 24.0 Å². The number of para-hydroxylation sites is 1. The van der Waals surface area contributed by atoms with Gasteiger partial charge in [0.25, 0.3) is 0 Å². The van der Waals surface area contributed by atoms with Crippen LogP contribution in [0.5, 0.6) is 0 Å². The lowest BCUT2D eigenvalue weighted by atomic mass is 10.2. The van der Waals surface area contributed by atoms with E-state index in [1.807, 2.05) is 36.4 Å². The van der Waals surface area contributed by atoms with E-state index in [0.29, 0.717) is 13.0 Å². The number of fused-ring (bicyclic) bond motifs is 1. The maximum absolute atomic E-state index is 10.9. The minimum absolute atomic E-state index is 0.00604. The molecule has 0 aliphatic carbocycles. The Labute approximate surface area is 112 Å². The maximum atomic E-state index is 10.9. The van der Waals surface area contributed by atoms with Crippen molar-refractivity contribution in [2.75, 3.05) is 13.1 Å². The SMILES string of the molecule is NCC(=O)NCC#CCc1ccc2ccccc2n1. The van der Waals surface area contributed by atoms with E-state index in [-0.39, 0.29) is 12.5 Å². The Morgan fingerprint density at radius 1 is 1.21 bits per heavy atom. The Balaban J connectivity index is 1.95. The van der Waals surface area contributed by atoms with Crippen molar-refractivity contribution in [3.05, 3.63) is 42.1 Å². The van der Waals surface area contributed by atoms with Crippen molar-refractivity contribution < 1.29 is 4.79 Å². The van der Waals surface area contributed by atoms with Gasteiger partial charge in [0.15, 0.2) is 0 Å². The number of rotatable bonds is 3. The predicted octanol–water partition coefficient (Wildman–Crippen LogP) is 0.856. The van der Waals surface area contributed by atoms with Crippen molar-refractivity contribution in [2.45, 2.75) is 6.42 Å². The molecule has 0 radical (unpaired) electrons. The molecule has 0 aliphatic rings. The number of carbonyl (C=O) groups is 1. The van der Waals surface area contributed by atoms with Crippen LogP contribution in [0, 0.1) is 11.8 Å². The van der Waals surface area contributed by atoms with E-state index in [2.05, 4.69) is 22.1 Å². The first-order valence-electron chi connectivity index (χ1n) is 6.07. The fraction of sp³-hybridized carbons (Fsp3) is 0.200. The van der Waals surface area contributed by atoms with E-state index >= 15 is 0 Å². The highest BCUT2D eigenvalue weighted by Crippen LogP contribution is 2.11. The van der Waals surface area contributed by atoms with Gasteiger partial charge in [-0.2, -0.15) is 0 Å². The van der Waals surface area contributed by atoms with Crippen LogP contribution in [0.15, 0.2) is 36.4 Å². The molecule has 1 amide bonds. The third kappa shape index (κ3) is 3.80. The van der Waals surface area contributed by atoms with E-state index < -0.39 is 0 Å². The minimum atomic E-state index is -0.196. The molecule has 0 spiro atoms. The molecule has 19 heavy (non-hydrogen) atoms. The van der Waals surface area contributed by atoms with E-state index in [0.717, 1.165) is 16.6 Å². The highest BCUT2D eigenvalue weighted by atomic mass is 16.1. The molecule has 96 valence electrons. The summed E-state index contributed by atoms with van der Waals surface area (Å²) in [6.45, 7) is 0.317. The second kappa shape index (κ2) is 6.53. The Kier molecular flexibility index (Phi) is 4.49. The zero-order valence-corrected chi connectivity index (χ0v) is 10.5. The molecule has 1 aromatic carbocycles. The highest BCUT2D eigenvalue weighted by molar-refractivity contribution is 5.78. The fourth-order valence-corrected chi connectivity index (χ4v) is 1.64. The molecule has 0 bridgehead atoms. The van der Waals surface area contributed by atoms with Crippen molar-refractivity contribution in [1.29, 1.82) is 0 Å². The van der Waals surface area contributed by atoms with Gasteiger partial charge in [-0.15, -0.1) is 0 Å². The third-order valence-electron chi connectivity index (χ3n) is 2.61. The van der Waals surface area contributed by atoms with E-state index in [9.17, 15) is 4.79 Å². The second-order valence-electron chi connectivity index (χ2n) is 4.01. The molecule has 0 saturated heterocycles. The zero-order chi connectivity index (χ0) is 13.5. The standard InChI is InChI=1S/C15H15N3O/c16-11-15(19)17-10-4-3-6-13-9-8-12-5-1-2-7-14(12)18-13/h1-2,5,7-9H,6,10-11,16H2,(H,17,19). The van der Waals surface area contributed by atoms with Crippen LogP contribution in [0.2, 0.25) is 0 Å². The molecule has 3 N–H and O–H groups in total. The van der Waals surface area contributed by atoms with Gasteiger partial charge in [0.2, 0.25) is 5.91 Å². The largest absolute Gasteiger partial charge is 0.344 e. The van der Waals surface area contributed by atoms with Crippen LogP contribution < -0.4 is 11.1 Å². The molecule has 2 rings (SSSR count). The molecule has 0 unspecified atom stereocenters. The zero-order valence-electron chi connectivity index (χ0n) is 10.5. The molecule has 4 heteroatoms. The van der Waals surface area contributed by atoms with Gasteiger partial charge in [-0.05, 0) is 12.1 Å². The predicted molar refractivity (Wildman–Crippen MR) is 75.3 cm³/mol. The number of amides is 1. The summed E-state index contributed by atoms with van der Waals surface area (Å²) in [7, 11) is 0. The van der Waals surface area contributed by atoms with Crippen LogP contribution in [0.1, 0.15) is 5.69 Å². The number of nitrogens with zero attached hydrogens (tertiary/aromatic N) is 1. The van der Waals surface area contributed by atoms with Gasteiger partial charge in [0.05, 0.1) is 30.7 Å². The molecule has 0 atom stereocenters. The average molecular weight is 253 g/mol. The van der Waals surface area contributed by atoms with Gasteiger partial charge in [0.1, 0.15) is 0 Å². The van der Waals surface area contributed by atoms with E-state index in [1.165, 1.54) is 0 Å². The van der Waals surface area contributed by atoms with Gasteiger partial charge in [-0.1, -0.05) is 36.1 Å². The highest BCUT2D eigenvalue weighted by Gasteiger charge is 1.96. The minimum Gasteiger partial charge on any atom is -0.344 e. The Morgan fingerprint density at radius 2 is 2.05 bits per heavy atom. The van der Waals surface area contributed by atoms with E-state index in [4.69, 9.17) is 5.73 Å². The third-order valence-corrected chi connectivity index (χ3v) is 2.61. The van der Waals surface area contributed by atoms with Crippen LogP contribution in [0.25, 0.3) is 10.9 Å². The van der Waals surface area contributed by atoms with Crippen molar-refractivity contribution >= 4 is 16.8 Å². The summed E-state index contributed by atoms with van der Waals surface area (Å²) >= 11 is 0. The molecule has 0 fully saturated rings. The lowest BCUT2D eigenvalue weighted by molar-refractivity contribution is -0.119. The molecule has 2 aromatic rings. The first-order valence-corrected chi connectivity index (χ1v) is 6.07. The quantitative estimate of drug-likeness (QED) is 0.797. The van der Waals surface area contributed by atoms with Gasteiger partial charge in [0, 0.05) is 5.39 Å². The Bertz CT molecular complexity index is 640. The number of nitrogens with two attached hydrogens (primary N) is 1. The van der Waals surface area contributed by atoms with Crippen molar-refractivity contribution in [1.82, 2.24) is 10.3 Å². The summed E-state index contributed by atoms with van der Waals surface area (Å²) < 4.78 is 0. The summed E-state index contributed by atoms with van der Waals surface area (Å²) in [4.78, 5) is 15.4. The number of benzene rings is 1. The average Bonchev–Trinajstić information content (AvgIpc) is 2.46. The first kappa shape index (κ1) is 13.1. The normalized spacial score (nSPS) is 9.74. The lowest BCUT2D eigenvalue weighted by Crippen LogP contribution is -2.30. The van der Waals surface area contributed by atoms with Crippen LogP contribution in [0.4, 0.5) is 0 Å². The molecular formula is C15H15N3O. The van der Waals surface area contributed by atoms with Crippen LogP contribution >= 0.6 is 0 Å². The molecule has 0 saturated carbocycles. The number of nitrogens with one attached hydrogen (secondary N) is 1. The fourth-order valence-electron chi connectivity index (χ4n) is 1.64. The summed E-state index contributed by atoms with van der Waals surface area (Å²) in [6.07, 6.45) is 0.573. The van der Waals surface area contributed by atoms with Gasteiger partial charge in [-0.3, -0.25) is 9.78 Å². The van der Waals surface area contributed by atoms with Crippen molar-refractivity contribution in [3.8, 4) is 11.8 Å². The Morgan fingerprint density at radius 3 is 2.89 bits per heavy atom. The van der Waals surface area contributed by atoms with Crippen molar-refractivity contribution in [3.63, 3.8) is 0 Å². The number of hydrogen-bond donors (Lipinski definition) is 2.